The topological polar surface area (TPSA) is 49.4 Å². The number of nitrogens with zero attached hydrogens (tertiary/aromatic N) is 1. The molecule has 2 aliphatic rings. The van der Waals surface area contributed by atoms with E-state index in [1.165, 1.54) is 0 Å². The lowest BCUT2D eigenvalue weighted by molar-refractivity contribution is -0.162. The van der Waals surface area contributed by atoms with Gasteiger partial charge in [-0.05, 0) is 40.5 Å². The minimum absolute atomic E-state index is 0.00794. The van der Waals surface area contributed by atoms with Crippen LogP contribution in [0.15, 0.2) is 0 Å². The SMILES string of the molecule is CC1C(=O)NC2(CCCCC2)C(=O)N1C(C)(C)C. The highest BCUT2D eigenvalue weighted by Gasteiger charge is 2.52. The Bertz CT molecular complexity index is 364. The Morgan fingerprint density at radius 1 is 1.17 bits per heavy atom. The molecule has 0 radical (unpaired) electrons. The van der Waals surface area contributed by atoms with E-state index in [0.29, 0.717) is 0 Å². The van der Waals surface area contributed by atoms with Gasteiger partial charge in [0.25, 0.3) is 0 Å². The van der Waals surface area contributed by atoms with Gasteiger partial charge >= 0.3 is 0 Å². The summed E-state index contributed by atoms with van der Waals surface area (Å²) >= 11 is 0. The minimum Gasteiger partial charge on any atom is -0.340 e. The zero-order valence-corrected chi connectivity index (χ0v) is 11.9. The molecule has 2 rings (SSSR count). The average molecular weight is 252 g/mol. The van der Waals surface area contributed by atoms with Gasteiger partial charge in [0.15, 0.2) is 0 Å². The van der Waals surface area contributed by atoms with Crippen molar-refractivity contribution in [3.05, 3.63) is 0 Å². The van der Waals surface area contributed by atoms with E-state index < -0.39 is 5.54 Å². The fourth-order valence-corrected chi connectivity index (χ4v) is 3.30. The van der Waals surface area contributed by atoms with Crippen molar-refractivity contribution < 1.29 is 9.59 Å². The molecule has 4 heteroatoms. The lowest BCUT2D eigenvalue weighted by Gasteiger charge is -2.51. The van der Waals surface area contributed by atoms with Crippen LogP contribution in [0.25, 0.3) is 0 Å². The Balaban J connectivity index is 2.35. The van der Waals surface area contributed by atoms with Gasteiger partial charge in [0, 0.05) is 5.54 Å². The highest BCUT2D eigenvalue weighted by Crippen LogP contribution is 2.35. The quantitative estimate of drug-likeness (QED) is 0.715. The maximum atomic E-state index is 12.8. The number of nitrogens with one attached hydrogen (secondary N) is 1. The summed E-state index contributed by atoms with van der Waals surface area (Å²) in [4.78, 5) is 26.8. The summed E-state index contributed by atoms with van der Waals surface area (Å²) in [5.41, 5.74) is -0.923. The molecule has 0 aromatic rings. The Labute approximate surface area is 109 Å². The molecule has 1 saturated carbocycles. The molecule has 1 heterocycles. The molecule has 4 nitrogen and oxygen atoms in total. The molecule has 18 heavy (non-hydrogen) atoms. The predicted molar refractivity (Wildman–Crippen MR) is 70.0 cm³/mol. The first kappa shape index (κ1) is 13.4. The first-order valence-electron chi connectivity index (χ1n) is 6.94. The molecule has 0 aromatic carbocycles. The van der Waals surface area contributed by atoms with Gasteiger partial charge in [-0.15, -0.1) is 0 Å². The Kier molecular flexibility index (Phi) is 3.16. The smallest absolute Gasteiger partial charge is 0.249 e. The van der Waals surface area contributed by atoms with Gasteiger partial charge in [0.2, 0.25) is 11.8 Å². The maximum Gasteiger partial charge on any atom is 0.249 e. The van der Waals surface area contributed by atoms with E-state index in [0.717, 1.165) is 32.1 Å². The number of hydrogen-bond acceptors (Lipinski definition) is 2. The van der Waals surface area contributed by atoms with Crippen LogP contribution in [0.3, 0.4) is 0 Å². The zero-order chi connectivity index (χ0) is 13.6. The van der Waals surface area contributed by atoms with E-state index in [1.54, 1.807) is 4.90 Å². The van der Waals surface area contributed by atoms with Crippen molar-refractivity contribution in [3.63, 3.8) is 0 Å². The number of amides is 2. The minimum atomic E-state index is -0.616. The van der Waals surface area contributed by atoms with Crippen LogP contribution < -0.4 is 5.32 Å². The summed E-state index contributed by atoms with van der Waals surface area (Å²) in [6.45, 7) is 7.80. The molecule has 1 unspecified atom stereocenters. The molecule has 0 aromatic heterocycles. The van der Waals surface area contributed by atoms with E-state index in [2.05, 4.69) is 5.32 Å². The number of rotatable bonds is 0. The van der Waals surface area contributed by atoms with E-state index in [9.17, 15) is 9.59 Å². The summed E-state index contributed by atoms with van der Waals surface area (Å²) in [6, 6.07) is -0.370. The highest BCUT2D eigenvalue weighted by atomic mass is 16.2. The highest BCUT2D eigenvalue weighted by molar-refractivity contribution is 6.00. The molecular formula is C14H24N2O2. The third-order valence-electron chi connectivity index (χ3n) is 4.19. The summed E-state index contributed by atoms with van der Waals surface area (Å²) in [6.07, 6.45) is 4.79. The van der Waals surface area contributed by atoms with E-state index >= 15 is 0 Å². The summed E-state index contributed by atoms with van der Waals surface area (Å²) in [7, 11) is 0. The van der Waals surface area contributed by atoms with E-state index in [-0.39, 0.29) is 23.4 Å². The second kappa shape index (κ2) is 4.25. The van der Waals surface area contributed by atoms with Crippen LogP contribution in [0.5, 0.6) is 0 Å². The molecule has 1 spiro atoms. The van der Waals surface area contributed by atoms with Crippen LogP contribution >= 0.6 is 0 Å². The van der Waals surface area contributed by atoms with Gasteiger partial charge in [0.1, 0.15) is 11.6 Å². The maximum absolute atomic E-state index is 12.8. The largest absolute Gasteiger partial charge is 0.340 e. The van der Waals surface area contributed by atoms with Crippen molar-refractivity contribution in [2.75, 3.05) is 0 Å². The van der Waals surface area contributed by atoms with Crippen LogP contribution in [0.2, 0.25) is 0 Å². The molecule has 2 amide bonds. The number of carbonyl (C=O) groups is 2. The first-order valence-corrected chi connectivity index (χ1v) is 6.94. The predicted octanol–water partition coefficient (Wildman–Crippen LogP) is 1.83. The number of piperazine rings is 1. The molecular weight excluding hydrogens is 228 g/mol. The summed E-state index contributed by atoms with van der Waals surface area (Å²) < 4.78 is 0. The average Bonchev–Trinajstić information content (AvgIpc) is 2.26. The lowest BCUT2D eigenvalue weighted by atomic mass is 9.77. The molecule has 1 atom stereocenters. The van der Waals surface area contributed by atoms with Gasteiger partial charge in [-0.3, -0.25) is 9.59 Å². The van der Waals surface area contributed by atoms with Crippen molar-refractivity contribution in [2.24, 2.45) is 0 Å². The molecule has 1 aliphatic heterocycles. The summed E-state index contributed by atoms with van der Waals surface area (Å²) in [5.74, 6) is 0.105. The fraction of sp³-hybridized carbons (Fsp3) is 0.857. The monoisotopic (exact) mass is 252 g/mol. The second-order valence-electron chi connectivity index (χ2n) is 6.65. The number of carbonyl (C=O) groups excluding carboxylic acids is 2. The van der Waals surface area contributed by atoms with Gasteiger partial charge in [0.05, 0.1) is 0 Å². The van der Waals surface area contributed by atoms with Crippen LogP contribution in [0.4, 0.5) is 0 Å². The molecule has 1 aliphatic carbocycles. The van der Waals surface area contributed by atoms with E-state index in [1.807, 2.05) is 27.7 Å². The molecule has 0 bridgehead atoms. The van der Waals surface area contributed by atoms with Crippen molar-refractivity contribution in [1.29, 1.82) is 0 Å². The van der Waals surface area contributed by atoms with Crippen molar-refractivity contribution in [1.82, 2.24) is 10.2 Å². The van der Waals surface area contributed by atoms with Gasteiger partial charge in [-0.2, -0.15) is 0 Å². The van der Waals surface area contributed by atoms with Gasteiger partial charge in [-0.1, -0.05) is 19.3 Å². The van der Waals surface area contributed by atoms with Crippen molar-refractivity contribution in [2.45, 2.75) is 76.9 Å². The second-order valence-corrected chi connectivity index (χ2v) is 6.65. The first-order chi connectivity index (χ1) is 8.28. The van der Waals surface area contributed by atoms with Crippen LogP contribution in [0.1, 0.15) is 59.8 Å². The van der Waals surface area contributed by atoms with Crippen molar-refractivity contribution in [3.8, 4) is 0 Å². The lowest BCUT2D eigenvalue weighted by Crippen LogP contribution is -2.73. The molecule has 102 valence electrons. The Hall–Kier alpha value is -1.06. The zero-order valence-electron chi connectivity index (χ0n) is 11.9. The fourth-order valence-electron chi connectivity index (χ4n) is 3.30. The van der Waals surface area contributed by atoms with Gasteiger partial charge < -0.3 is 10.2 Å². The van der Waals surface area contributed by atoms with Crippen LogP contribution in [-0.2, 0) is 9.59 Å². The van der Waals surface area contributed by atoms with E-state index in [4.69, 9.17) is 0 Å². The van der Waals surface area contributed by atoms with Crippen molar-refractivity contribution >= 4 is 11.8 Å². The normalized spacial score (nSPS) is 28.4. The third kappa shape index (κ3) is 2.02. The molecule has 1 saturated heterocycles. The van der Waals surface area contributed by atoms with Crippen LogP contribution in [-0.4, -0.2) is 33.8 Å². The molecule has 2 fully saturated rings. The Morgan fingerprint density at radius 3 is 2.22 bits per heavy atom. The molecule has 1 N–H and O–H groups in total. The van der Waals surface area contributed by atoms with Crippen LogP contribution in [0, 0.1) is 0 Å². The number of hydrogen-bond donors (Lipinski definition) is 1. The third-order valence-corrected chi connectivity index (χ3v) is 4.19. The standard InChI is InChI=1S/C14H24N2O2/c1-10-11(17)15-14(8-6-5-7-9-14)12(18)16(10)13(2,3)4/h10H,5-9H2,1-4H3,(H,15,17). The summed E-state index contributed by atoms with van der Waals surface area (Å²) in [5, 5.41) is 3.00. The van der Waals surface area contributed by atoms with Gasteiger partial charge in [-0.25, -0.2) is 0 Å². The Morgan fingerprint density at radius 2 is 1.72 bits per heavy atom.